The summed E-state index contributed by atoms with van der Waals surface area (Å²) in [5.74, 6) is 5.24. The average Bonchev–Trinajstić information content (AvgIpc) is 2.11. The van der Waals surface area contributed by atoms with E-state index in [0.717, 1.165) is 11.1 Å². The molecule has 0 aliphatic carbocycles. The fourth-order valence-electron chi connectivity index (χ4n) is 0.821. The molecule has 12 heavy (non-hydrogen) atoms. The third-order valence-corrected chi connectivity index (χ3v) is 1.64. The van der Waals surface area contributed by atoms with Gasteiger partial charge in [0, 0.05) is 11.3 Å². The summed E-state index contributed by atoms with van der Waals surface area (Å²) < 4.78 is 0. The summed E-state index contributed by atoms with van der Waals surface area (Å²) >= 11 is 0. The van der Waals surface area contributed by atoms with E-state index in [1.165, 1.54) is 0 Å². The lowest BCUT2D eigenvalue weighted by molar-refractivity contribution is 0.903. The molecule has 2 heteroatoms. The number of hydrogen-bond donors (Lipinski definition) is 2. The van der Waals surface area contributed by atoms with Crippen molar-refractivity contribution in [3.8, 4) is 0 Å². The highest BCUT2D eigenvalue weighted by Gasteiger charge is 2.00. The van der Waals surface area contributed by atoms with E-state index in [0.29, 0.717) is 5.70 Å². The first-order valence-corrected chi connectivity index (χ1v) is 3.79. The van der Waals surface area contributed by atoms with Gasteiger partial charge in [0.2, 0.25) is 0 Å². The molecule has 0 aliphatic heterocycles. The van der Waals surface area contributed by atoms with Gasteiger partial charge in [0.1, 0.15) is 0 Å². The van der Waals surface area contributed by atoms with Crippen LogP contribution in [0.1, 0.15) is 13.8 Å². The summed E-state index contributed by atoms with van der Waals surface area (Å²) in [6, 6.07) is 0. The minimum absolute atomic E-state index is 0.700. The molecule has 66 valence electrons. The zero-order valence-corrected chi connectivity index (χ0v) is 7.72. The molecule has 0 atom stereocenters. The summed E-state index contributed by atoms with van der Waals surface area (Å²) in [5.41, 5.74) is 5.32. The van der Waals surface area contributed by atoms with Crippen molar-refractivity contribution in [2.75, 3.05) is 0 Å². The third-order valence-electron chi connectivity index (χ3n) is 1.64. The molecule has 0 aromatic carbocycles. The highest BCUT2D eigenvalue weighted by Crippen LogP contribution is 2.14. The number of nitrogens with one attached hydrogen (secondary N) is 1. The van der Waals surface area contributed by atoms with E-state index in [1.54, 1.807) is 6.08 Å². The van der Waals surface area contributed by atoms with E-state index in [-0.39, 0.29) is 0 Å². The minimum Gasteiger partial charge on any atom is -0.324 e. The predicted molar refractivity (Wildman–Crippen MR) is 54.2 cm³/mol. The molecular formula is C10H16N2. The van der Waals surface area contributed by atoms with Gasteiger partial charge < -0.3 is 5.43 Å². The van der Waals surface area contributed by atoms with E-state index in [2.05, 4.69) is 18.6 Å². The van der Waals surface area contributed by atoms with Crippen molar-refractivity contribution in [3.63, 3.8) is 0 Å². The van der Waals surface area contributed by atoms with Gasteiger partial charge in [-0.1, -0.05) is 31.4 Å². The Balaban J connectivity index is 4.80. The van der Waals surface area contributed by atoms with Gasteiger partial charge in [-0.2, -0.15) is 0 Å². The molecule has 0 aliphatic rings. The highest BCUT2D eigenvalue weighted by atomic mass is 15.2. The summed E-state index contributed by atoms with van der Waals surface area (Å²) in [7, 11) is 0. The molecule has 0 spiro atoms. The highest BCUT2D eigenvalue weighted by molar-refractivity contribution is 5.44. The summed E-state index contributed by atoms with van der Waals surface area (Å²) in [6.07, 6.45) is 5.58. The Bertz CT molecular complexity index is 234. The van der Waals surface area contributed by atoms with Gasteiger partial charge in [0.05, 0.1) is 0 Å². The Morgan fingerprint density at radius 1 is 1.50 bits per heavy atom. The predicted octanol–water partition coefficient (Wildman–Crippen LogP) is 2.04. The lowest BCUT2D eigenvalue weighted by Crippen LogP contribution is -2.21. The van der Waals surface area contributed by atoms with E-state index >= 15 is 0 Å². The Hall–Kier alpha value is -1.28. The van der Waals surface area contributed by atoms with Crippen LogP contribution in [0.15, 0.2) is 48.2 Å². The van der Waals surface area contributed by atoms with Gasteiger partial charge in [-0.15, -0.1) is 0 Å². The van der Waals surface area contributed by atoms with E-state index in [4.69, 9.17) is 5.84 Å². The molecule has 0 bridgehead atoms. The Morgan fingerprint density at radius 3 is 2.42 bits per heavy atom. The smallest absolute Gasteiger partial charge is 0.0488 e. The molecule has 0 fully saturated rings. The number of allylic oxidation sites excluding steroid dienone is 4. The van der Waals surface area contributed by atoms with Crippen LogP contribution >= 0.6 is 0 Å². The molecular weight excluding hydrogens is 148 g/mol. The maximum atomic E-state index is 5.24. The van der Waals surface area contributed by atoms with Gasteiger partial charge in [0.25, 0.3) is 0 Å². The van der Waals surface area contributed by atoms with E-state index < -0.39 is 0 Å². The van der Waals surface area contributed by atoms with Gasteiger partial charge in [-0.05, 0) is 19.4 Å². The minimum atomic E-state index is 0.700. The van der Waals surface area contributed by atoms with Crippen molar-refractivity contribution in [1.82, 2.24) is 5.43 Å². The molecule has 0 unspecified atom stereocenters. The molecule has 0 rings (SSSR count). The standard InChI is InChI=1S/C10H16N2/c1-5-7-10(8(3)6-2)9(4)12-11/h5-7,12H,1,4,11H2,2-3H3/b8-6-,10-7+. The van der Waals surface area contributed by atoms with Crippen molar-refractivity contribution in [2.24, 2.45) is 5.84 Å². The summed E-state index contributed by atoms with van der Waals surface area (Å²) in [6.45, 7) is 11.4. The Morgan fingerprint density at radius 2 is 2.08 bits per heavy atom. The van der Waals surface area contributed by atoms with Crippen LogP contribution in [0.5, 0.6) is 0 Å². The fourth-order valence-corrected chi connectivity index (χ4v) is 0.821. The van der Waals surface area contributed by atoms with Gasteiger partial charge in [-0.3, -0.25) is 5.84 Å². The summed E-state index contributed by atoms with van der Waals surface area (Å²) in [5, 5.41) is 0. The van der Waals surface area contributed by atoms with E-state index in [1.807, 2.05) is 26.0 Å². The molecule has 0 heterocycles. The van der Waals surface area contributed by atoms with Crippen LogP contribution in [0.3, 0.4) is 0 Å². The van der Waals surface area contributed by atoms with Crippen molar-refractivity contribution in [3.05, 3.63) is 48.2 Å². The van der Waals surface area contributed by atoms with Crippen LogP contribution < -0.4 is 11.3 Å². The Labute approximate surface area is 74.1 Å². The molecule has 2 nitrogen and oxygen atoms in total. The maximum Gasteiger partial charge on any atom is 0.0488 e. The Kier molecular flexibility index (Phi) is 4.81. The SMILES string of the molecule is C=C/C=C(C(=C)NN)\C(C)=C/C. The quantitative estimate of drug-likeness (QED) is 0.379. The van der Waals surface area contributed by atoms with Crippen LogP contribution in [-0.2, 0) is 0 Å². The largest absolute Gasteiger partial charge is 0.324 e. The monoisotopic (exact) mass is 164 g/mol. The normalized spacial score (nSPS) is 12.6. The number of hydrogen-bond acceptors (Lipinski definition) is 2. The van der Waals surface area contributed by atoms with Crippen molar-refractivity contribution in [1.29, 1.82) is 0 Å². The second-order valence-electron chi connectivity index (χ2n) is 2.41. The molecule has 0 saturated carbocycles. The first kappa shape index (κ1) is 10.7. The van der Waals surface area contributed by atoms with Gasteiger partial charge in [0.15, 0.2) is 0 Å². The molecule has 3 N–H and O–H groups in total. The second kappa shape index (κ2) is 5.38. The third kappa shape index (κ3) is 2.76. The van der Waals surface area contributed by atoms with Crippen LogP contribution in [-0.4, -0.2) is 0 Å². The average molecular weight is 164 g/mol. The fraction of sp³-hybridized carbons (Fsp3) is 0.200. The number of hydrazine groups is 1. The van der Waals surface area contributed by atoms with Crippen LogP contribution in [0.2, 0.25) is 0 Å². The van der Waals surface area contributed by atoms with Gasteiger partial charge in [-0.25, -0.2) is 0 Å². The number of nitrogens with two attached hydrogens (primary N) is 1. The van der Waals surface area contributed by atoms with Crippen molar-refractivity contribution < 1.29 is 0 Å². The first-order chi connectivity index (χ1) is 5.67. The molecule has 0 aromatic rings. The van der Waals surface area contributed by atoms with Gasteiger partial charge >= 0.3 is 0 Å². The second-order valence-corrected chi connectivity index (χ2v) is 2.41. The van der Waals surface area contributed by atoms with Crippen molar-refractivity contribution in [2.45, 2.75) is 13.8 Å². The van der Waals surface area contributed by atoms with Crippen LogP contribution in [0.25, 0.3) is 0 Å². The van der Waals surface area contributed by atoms with Crippen molar-refractivity contribution >= 4 is 0 Å². The first-order valence-electron chi connectivity index (χ1n) is 3.79. The molecule has 0 saturated heterocycles. The van der Waals surface area contributed by atoms with E-state index in [9.17, 15) is 0 Å². The topological polar surface area (TPSA) is 38.0 Å². The molecule has 0 amide bonds. The lowest BCUT2D eigenvalue weighted by Gasteiger charge is -2.09. The summed E-state index contributed by atoms with van der Waals surface area (Å²) in [4.78, 5) is 0. The van der Waals surface area contributed by atoms with Crippen LogP contribution in [0.4, 0.5) is 0 Å². The number of rotatable bonds is 4. The molecule has 0 radical (unpaired) electrons. The zero-order valence-electron chi connectivity index (χ0n) is 7.72. The lowest BCUT2D eigenvalue weighted by atomic mass is 10.1. The zero-order chi connectivity index (χ0) is 9.56. The maximum absolute atomic E-state index is 5.24. The van der Waals surface area contributed by atoms with Crippen LogP contribution in [0, 0.1) is 0 Å². The molecule has 0 aromatic heterocycles.